The number of benzene rings is 1. The Labute approximate surface area is 165 Å². The fourth-order valence-corrected chi connectivity index (χ4v) is 4.10. The van der Waals surface area contributed by atoms with Gasteiger partial charge in [0.05, 0.1) is 6.54 Å². The number of rotatable bonds is 6. The van der Waals surface area contributed by atoms with Crippen LogP contribution in [0.15, 0.2) is 42.6 Å². The fourth-order valence-electron chi connectivity index (χ4n) is 3.76. The summed E-state index contributed by atoms with van der Waals surface area (Å²) in [4.78, 5) is 14.8. The smallest absolute Gasteiger partial charge is 0.240 e. The predicted molar refractivity (Wildman–Crippen MR) is 108 cm³/mol. The molecule has 26 heavy (non-hydrogen) atoms. The van der Waals surface area contributed by atoms with E-state index in [-0.39, 0.29) is 5.91 Å². The molecule has 1 atom stereocenters. The number of nitrogens with zero attached hydrogens (tertiary/aromatic N) is 2. The molecule has 1 saturated carbocycles. The van der Waals surface area contributed by atoms with Gasteiger partial charge in [-0.05, 0) is 49.6 Å². The zero-order valence-corrected chi connectivity index (χ0v) is 16.7. The van der Waals surface area contributed by atoms with E-state index in [1.165, 1.54) is 19.3 Å². The average molecular weight is 393 g/mol. The highest BCUT2D eigenvalue weighted by Gasteiger charge is 2.28. The second-order valence-corrected chi connectivity index (χ2v) is 8.22. The first-order chi connectivity index (χ1) is 12.5. The number of hydrogen-bond donors (Lipinski definition) is 0. The van der Waals surface area contributed by atoms with Gasteiger partial charge in [-0.1, -0.05) is 43.0 Å². The molecule has 0 bridgehead atoms. The number of halogens is 2. The van der Waals surface area contributed by atoms with E-state index in [0.29, 0.717) is 12.6 Å². The van der Waals surface area contributed by atoms with Crippen LogP contribution in [0.3, 0.4) is 0 Å². The Morgan fingerprint density at radius 3 is 2.69 bits per heavy atom. The van der Waals surface area contributed by atoms with Crippen molar-refractivity contribution in [3.05, 3.63) is 58.9 Å². The number of carbonyl (C=O) groups is 1. The fraction of sp³-hybridized carbons (Fsp3) is 0.476. The van der Waals surface area contributed by atoms with Crippen LogP contribution < -0.4 is 0 Å². The number of amides is 1. The number of aromatic nitrogens is 1. The van der Waals surface area contributed by atoms with Gasteiger partial charge in [0.1, 0.15) is 5.38 Å². The van der Waals surface area contributed by atoms with Crippen molar-refractivity contribution >= 4 is 29.1 Å². The molecule has 3 rings (SSSR count). The summed E-state index contributed by atoms with van der Waals surface area (Å²) in [6.07, 6.45) is 7.85. The van der Waals surface area contributed by atoms with Crippen molar-refractivity contribution in [3.8, 4) is 0 Å². The van der Waals surface area contributed by atoms with Gasteiger partial charge in [-0.3, -0.25) is 4.79 Å². The molecule has 3 nitrogen and oxygen atoms in total. The molecule has 1 amide bonds. The zero-order valence-electron chi connectivity index (χ0n) is 15.2. The Kier molecular flexibility index (Phi) is 6.66. The van der Waals surface area contributed by atoms with E-state index in [2.05, 4.69) is 22.9 Å². The second kappa shape index (κ2) is 8.96. The third kappa shape index (κ3) is 4.83. The summed E-state index contributed by atoms with van der Waals surface area (Å²) in [5.41, 5.74) is 2.28. The third-order valence-corrected chi connectivity index (χ3v) is 5.56. The highest BCUT2D eigenvalue weighted by molar-refractivity contribution is 6.30. The van der Waals surface area contributed by atoms with Crippen molar-refractivity contribution in [2.75, 3.05) is 0 Å². The van der Waals surface area contributed by atoms with Gasteiger partial charge in [0.2, 0.25) is 5.91 Å². The van der Waals surface area contributed by atoms with E-state index < -0.39 is 5.38 Å². The standard InChI is InChI=1S/C21H26Cl2N2O/c1-16(22)21(26)25(19-9-3-2-4-10-19)15-20-11-6-12-24(20)14-17-7-5-8-18(23)13-17/h5-8,11-13,16,19H,2-4,9-10,14-15H2,1H3/t16-/m0/s1. The van der Waals surface area contributed by atoms with Gasteiger partial charge in [0.15, 0.2) is 0 Å². The lowest BCUT2D eigenvalue weighted by Crippen LogP contribution is -2.44. The molecule has 1 aromatic heterocycles. The Morgan fingerprint density at radius 2 is 2.00 bits per heavy atom. The van der Waals surface area contributed by atoms with Crippen LogP contribution in [0.25, 0.3) is 0 Å². The minimum atomic E-state index is -0.492. The molecule has 1 fully saturated rings. The van der Waals surface area contributed by atoms with Crippen LogP contribution in [0, 0.1) is 0 Å². The Balaban J connectivity index is 1.78. The van der Waals surface area contributed by atoms with Gasteiger partial charge in [-0.25, -0.2) is 0 Å². The van der Waals surface area contributed by atoms with Crippen LogP contribution in [-0.4, -0.2) is 26.8 Å². The lowest BCUT2D eigenvalue weighted by molar-refractivity contribution is -0.134. The first-order valence-electron chi connectivity index (χ1n) is 9.37. The minimum absolute atomic E-state index is 0.0362. The van der Waals surface area contributed by atoms with Crippen LogP contribution in [-0.2, 0) is 17.9 Å². The van der Waals surface area contributed by atoms with E-state index >= 15 is 0 Å². The average Bonchev–Trinajstić information content (AvgIpc) is 3.06. The van der Waals surface area contributed by atoms with Crippen molar-refractivity contribution in [1.82, 2.24) is 9.47 Å². The minimum Gasteiger partial charge on any atom is -0.345 e. The van der Waals surface area contributed by atoms with Gasteiger partial charge in [-0.2, -0.15) is 0 Å². The molecule has 1 aliphatic carbocycles. The molecule has 0 aliphatic heterocycles. The number of alkyl halides is 1. The van der Waals surface area contributed by atoms with Gasteiger partial charge >= 0.3 is 0 Å². The van der Waals surface area contributed by atoms with Crippen LogP contribution in [0.2, 0.25) is 5.02 Å². The largest absolute Gasteiger partial charge is 0.345 e. The quantitative estimate of drug-likeness (QED) is 0.597. The molecular formula is C21H26Cl2N2O. The molecular weight excluding hydrogens is 367 g/mol. The number of carbonyl (C=O) groups excluding carboxylic acids is 1. The highest BCUT2D eigenvalue weighted by Crippen LogP contribution is 2.26. The number of hydrogen-bond acceptors (Lipinski definition) is 1. The molecule has 1 aromatic carbocycles. The summed E-state index contributed by atoms with van der Waals surface area (Å²) in [5, 5.41) is 0.249. The Hall–Kier alpha value is -1.45. The Morgan fingerprint density at radius 1 is 1.23 bits per heavy atom. The van der Waals surface area contributed by atoms with Crippen molar-refractivity contribution in [3.63, 3.8) is 0 Å². The van der Waals surface area contributed by atoms with Crippen molar-refractivity contribution < 1.29 is 4.79 Å². The normalized spacial score (nSPS) is 16.4. The highest BCUT2D eigenvalue weighted by atomic mass is 35.5. The second-order valence-electron chi connectivity index (χ2n) is 7.13. The lowest BCUT2D eigenvalue weighted by atomic mass is 9.94. The molecule has 2 aromatic rings. The SMILES string of the molecule is C[C@H](Cl)C(=O)N(Cc1cccn1Cc1cccc(Cl)c1)C1CCCCC1. The Bertz CT molecular complexity index is 735. The molecule has 0 spiro atoms. The monoisotopic (exact) mass is 392 g/mol. The van der Waals surface area contributed by atoms with Crippen molar-refractivity contribution in [2.24, 2.45) is 0 Å². The first-order valence-corrected chi connectivity index (χ1v) is 10.2. The van der Waals surface area contributed by atoms with Crippen LogP contribution in [0.4, 0.5) is 0 Å². The molecule has 0 saturated heterocycles. The van der Waals surface area contributed by atoms with Crippen molar-refractivity contribution in [1.29, 1.82) is 0 Å². The maximum atomic E-state index is 12.8. The molecule has 1 heterocycles. The molecule has 0 N–H and O–H groups in total. The maximum Gasteiger partial charge on any atom is 0.240 e. The van der Waals surface area contributed by atoms with Crippen LogP contribution >= 0.6 is 23.2 Å². The van der Waals surface area contributed by atoms with E-state index in [4.69, 9.17) is 23.2 Å². The molecule has 0 unspecified atom stereocenters. The lowest BCUT2D eigenvalue weighted by Gasteiger charge is -2.35. The topological polar surface area (TPSA) is 25.2 Å². The van der Waals surface area contributed by atoms with Gasteiger partial charge in [-0.15, -0.1) is 11.6 Å². The van der Waals surface area contributed by atoms with E-state index in [9.17, 15) is 4.79 Å². The summed E-state index contributed by atoms with van der Waals surface area (Å²) in [5.74, 6) is 0.0362. The summed E-state index contributed by atoms with van der Waals surface area (Å²) in [6, 6.07) is 12.3. The predicted octanol–water partition coefficient (Wildman–Crippen LogP) is 5.48. The maximum absolute atomic E-state index is 12.8. The summed E-state index contributed by atoms with van der Waals surface area (Å²) in [7, 11) is 0. The third-order valence-electron chi connectivity index (χ3n) is 5.14. The molecule has 5 heteroatoms. The van der Waals surface area contributed by atoms with E-state index in [1.807, 2.05) is 29.2 Å². The molecule has 140 valence electrons. The van der Waals surface area contributed by atoms with Crippen LogP contribution in [0.5, 0.6) is 0 Å². The van der Waals surface area contributed by atoms with Gasteiger partial charge in [0.25, 0.3) is 0 Å². The first kappa shape index (κ1) is 19.3. The molecule has 1 aliphatic rings. The van der Waals surface area contributed by atoms with Crippen LogP contribution in [0.1, 0.15) is 50.3 Å². The summed E-state index contributed by atoms with van der Waals surface area (Å²) in [6.45, 7) is 3.12. The van der Waals surface area contributed by atoms with Crippen molar-refractivity contribution in [2.45, 2.75) is 63.5 Å². The van der Waals surface area contributed by atoms with Gasteiger partial charge in [0, 0.05) is 29.5 Å². The summed E-state index contributed by atoms with van der Waals surface area (Å²) >= 11 is 12.3. The van der Waals surface area contributed by atoms with E-state index in [0.717, 1.165) is 35.7 Å². The van der Waals surface area contributed by atoms with E-state index in [1.54, 1.807) is 6.92 Å². The molecule has 0 radical (unpaired) electrons. The zero-order chi connectivity index (χ0) is 18.5. The van der Waals surface area contributed by atoms with Gasteiger partial charge < -0.3 is 9.47 Å². The summed E-state index contributed by atoms with van der Waals surface area (Å²) < 4.78 is 2.19.